The van der Waals surface area contributed by atoms with Crippen LogP contribution in [0.5, 0.6) is 0 Å². The molecule has 0 unspecified atom stereocenters. The molecule has 2 heterocycles. The van der Waals surface area contributed by atoms with Crippen LogP contribution in [0, 0.1) is 0 Å². The zero-order valence-corrected chi connectivity index (χ0v) is 14.1. The van der Waals surface area contributed by atoms with Crippen molar-refractivity contribution in [1.82, 2.24) is 0 Å². The topological polar surface area (TPSA) is 124 Å². The molecule has 11 heteroatoms. The summed E-state index contributed by atoms with van der Waals surface area (Å²) in [6, 6.07) is 0. The highest BCUT2D eigenvalue weighted by Crippen LogP contribution is 2.10. The van der Waals surface area contributed by atoms with E-state index in [-0.39, 0.29) is 51.1 Å². The summed E-state index contributed by atoms with van der Waals surface area (Å²) in [7, 11) is -3.31. The fraction of sp³-hybridized carbons (Fsp3) is 0.571. The molecule has 0 amide bonds. The predicted octanol–water partition coefficient (Wildman–Crippen LogP) is 0.536. The monoisotopic (exact) mass is 378 g/mol. The van der Waals surface area contributed by atoms with Crippen LogP contribution in [0.1, 0.15) is 0 Å². The summed E-state index contributed by atoms with van der Waals surface area (Å²) in [6.07, 6.45) is 1.49. The highest BCUT2D eigenvalue weighted by molar-refractivity contribution is 7.91. The van der Waals surface area contributed by atoms with Gasteiger partial charge < -0.3 is 28.4 Å². The van der Waals surface area contributed by atoms with E-state index in [9.17, 15) is 18.0 Å². The Morgan fingerprint density at radius 1 is 0.840 bits per heavy atom. The summed E-state index contributed by atoms with van der Waals surface area (Å²) in [5, 5.41) is 0. The van der Waals surface area contributed by atoms with Gasteiger partial charge in [0.2, 0.25) is 0 Å². The smallest absolute Gasteiger partial charge is 0.426 e. The Hall–Kier alpha value is -2.11. The van der Waals surface area contributed by atoms with Crippen molar-refractivity contribution in [1.29, 1.82) is 0 Å². The van der Waals surface area contributed by atoms with Crippen molar-refractivity contribution in [2.75, 3.05) is 51.1 Å². The molecule has 10 nitrogen and oxygen atoms in total. The second kappa shape index (κ2) is 9.39. The molecule has 2 fully saturated rings. The van der Waals surface area contributed by atoms with Gasteiger partial charge in [-0.25, -0.2) is 18.0 Å². The van der Waals surface area contributed by atoms with E-state index >= 15 is 0 Å². The van der Waals surface area contributed by atoms with Crippen molar-refractivity contribution in [3.63, 3.8) is 0 Å². The summed E-state index contributed by atoms with van der Waals surface area (Å²) in [6.45, 7) is 0.369. The van der Waals surface area contributed by atoms with Gasteiger partial charge in [0.25, 0.3) is 0 Å². The van der Waals surface area contributed by atoms with Gasteiger partial charge in [0.15, 0.2) is 23.1 Å². The largest absolute Gasteiger partial charge is 0.514 e. The van der Waals surface area contributed by atoms with Crippen LogP contribution in [-0.4, -0.2) is 71.9 Å². The first-order valence-corrected chi connectivity index (χ1v) is 9.20. The van der Waals surface area contributed by atoms with Crippen LogP contribution in [-0.2, 0) is 38.3 Å². The summed E-state index contributed by atoms with van der Waals surface area (Å²) < 4.78 is 52.3. The molecular weight excluding hydrogens is 360 g/mol. The van der Waals surface area contributed by atoms with Crippen LogP contribution >= 0.6 is 0 Å². The van der Waals surface area contributed by atoms with Crippen molar-refractivity contribution < 1.29 is 46.4 Å². The van der Waals surface area contributed by atoms with Crippen LogP contribution in [0.4, 0.5) is 9.59 Å². The Morgan fingerprint density at radius 2 is 1.28 bits per heavy atom. The third-order valence-corrected chi connectivity index (χ3v) is 4.61. The van der Waals surface area contributed by atoms with Crippen molar-refractivity contribution in [3.05, 3.63) is 23.7 Å². The molecule has 0 bridgehead atoms. The minimum atomic E-state index is -3.31. The molecule has 140 valence electrons. The van der Waals surface area contributed by atoms with Crippen LogP contribution < -0.4 is 0 Å². The number of carbonyl (C=O) groups is 2. The number of sulfone groups is 1. The number of hydrogen-bond acceptors (Lipinski definition) is 10. The number of ether oxygens (including phenoxy) is 6. The lowest BCUT2D eigenvalue weighted by molar-refractivity contribution is 0.134. The average molecular weight is 378 g/mol. The predicted molar refractivity (Wildman–Crippen MR) is 81.3 cm³/mol. The van der Waals surface area contributed by atoms with E-state index in [4.69, 9.17) is 9.47 Å². The van der Waals surface area contributed by atoms with Crippen molar-refractivity contribution in [2.24, 2.45) is 0 Å². The lowest BCUT2D eigenvalue weighted by atomic mass is 10.5. The number of hydrogen-bond donors (Lipinski definition) is 0. The molecule has 0 aromatic rings. The van der Waals surface area contributed by atoms with E-state index in [1.54, 1.807) is 0 Å². The molecule has 0 atom stereocenters. The Labute approximate surface area is 144 Å². The number of carbonyl (C=O) groups excluding carboxylic acids is 2. The number of rotatable bonds is 10. The quantitative estimate of drug-likeness (QED) is 0.393. The Bertz CT molecular complexity index is 599. The molecule has 2 aliphatic heterocycles. The number of cyclic esters (lactones) is 4. The molecular formula is C14H18O10S. The zero-order valence-electron chi connectivity index (χ0n) is 13.3. The van der Waals surface area contributed by atoms with E-state index in [1.807, 2.05) is 0 Å². The van der Waals surface area contributed by atoms with Crippen LogP contribution in [0.2, 0.25) is 0 Å². The van der Waals surface area contributed by atoms with E-state index in [0.29, 0.717) is 11.5 Å². The van der Waals surface area contributed by atoms with Gasteiger partial charge in [-0.2, -0.15) is 0 Å². The second-order valence-corrected chi connectivity index (χ2v) is 7.23. The van der Waals surface area contributed by atoms with Gasteiger partial charge in [-0.1, -0.05) is 0 Å². The molecule has 0 aromatic carbocycles. The van der Waals surface area contributed by atoms with Gasteiger partial charge in [0.1, 0.15) is 11.5 Å². The fourth-order valence-electron chi connectivity index (χ4n) is 1.74. The fourth-order valence-corrected chi connectivity index (χ4v) is 2.69. The maximum absolute atomic E-state index is 11.8. The Balaban J connectivity index is 1.52. The Kier molecular flexibility index (Phi) is 7.22. The average Bonchev–Trinajstić information content (AvgIpc) is 3.15. The Morgan fingerprint density at radius 3 is 1.64 bits per heavy atom. The first-order valence-electron chi connectivity index (χ1n) is 7.38. The zero-order chi connectivity index (χ0) is 18.1. The molecule has 25 heavy (non-hydrogen) atoms. The van der Waals surface area contributed by atoms with Crippen molar-refractivity contribution in [3.8, 4) is 0 Å². The van der Waals surface area contributed by atoms with Crippen LogP contribution in [0.3, 0.4) is 0 Å². The summed E-state index contributed by atoms with van der Waals surface area (Å²) >= 11 is 0. The molecule has 0 N–H and O–H groups in total. The summed E-state index contributed by atoms with van der Waals surface area (Å²) in [4.78, 5) is 21.3. The second-order valence-electron chi connectivity index (χ2n) is 4.92. The van der Waals surface area contributed by atoms with Gasteiger partial charge in [0, 0.05) is 0 Å². The standard InChI is InChI=1S/C14H18O10S/c15-13-21-9-11(23-13)1-3-19-5-7-25(17,18)8-6-20-4-2-12-10-22-14(16)24-12/h1-2H,3-10H2/b11-1-,12-2-. The maximum Gasteiger partial charge on any atom is 0.514 e. The molecule has 0 aliphatic carbocycles. The van der Waals surface area contributed by atoms with Gasteiger partial charge in [-0.15, -0.1) is 0 Å². The lowest BCUT2D eigenvalue weighted by Crippen LogP contribution is -2.19. The van der Waals surface area contributed by atoms with Crippen LogP contribution in [0.25, 0.3) is 0 Å². The van der Waals surface area contributed by atoms with E-state index in [2.05, 4.69) is 18.9 Å². The van der Waals surface area contributed by atoms with Gasteiger partial charge in [0.05, 0.1) is 37.9 Å². The molecule has 2 rings (SSSR count). The minimum Gasteiger partial charge on any atom is -0.426 e. The molecule has 2 aliphatic rings. The van der Waals surface area contributed by atoms with E-state index < -0.39 is 22.1 Å². The molecule has 0 saturated carbocycles. The highest BCUT2D eigenvalue weighted by atomic mass is 32.2. The maximum atomic E-state index is 11.8. The van der Waals surface area contributed by atoms with Gasteiger partial charge in [-0.05, 0) is 12.2 Å². The molecule has 0 radical (unpaired) electrons. The third kappa shape index (κ3) is 7.54. The van der Waals surface area contributed by atoms with Gasteiger partial charge >= 0.3 is 12.3 Å². The molecule has 0 aromatic heterocycles. The van der Waals surface area contributed by atoms with Gasteiger partial charge in [-0.3, -0.25) is 0 Å². The first kappa shape index (κ1) is 19.2. The third-order valence-electron chi connectivity index (χ3n) is 3.03. The lowest BCUT2D eigenvalue weighted by Gasteiger charge is -2.05. The SMILES string of the molecule is O=C1OC/C(=C/COCCS(=O)(=O)CCOC/C=C2/COC(=O)O2)O1. The summed E-state index contributed by atoms with van der Waals surface area (Å²) in [5.74, 6) is 0.382. The minimum absolute atomic E-state index is 0.0122. The van der Waals surface area contributed by atoms with Crippen molar-refractivity contribution in [2.45, 2.75) is 0 Å². The first-order chi connectivity index (χ1) is 11.9. The van der Waals surface area contributed by atoms with Crippen LogP contribution in [0.15, 0.2) is 23.7 Å². The van der Waals surface area contributed by atoms with E-state index in [0.717, 1.165) is 0 Å². The van der Waals surface area contributed by atoms with E-state index in [1.165, 1.54) is 12.2 Å². The molecule has 2 saturated heterocycles. The normalized spacial score (nSPS) is 20.5. The molecule has 0 spiro atoms. The highest BCUT2D eigenvalue weighted by Gasteiger charge is 2.18. The summed E-state index contributed by atoms with van der Waals surface area (Å²) in [5.41, 5.74) is 0. The van der Waals surface area contributed by atoms with Crippen molar-refractivity contribution >= 4 is 22.1 Å².